The van der Waals surface area contributed by atoms with Crippen LogP contribution in [0.25, 0.3) is 0 Å². The van der Waals surface area contributed by atoms with Gasteiger partial charge in [0.2, 0.25) is 22.7 Å². The third kappa shape index (κ3) is 3.16. The molecule has 0 aromatic heterocycles. The molecule has 0 spiro atoms. The number of aryl methyl sites for hydroxylation is 1. The molecule has 1 amide bonds. The highest BCUT2D eigenvalue weighted by Gasteiger charge is 2.36. The summed E-state index contributed by atoms with van der Waals surface area (Å²) in [4.78, 5) is 11.9. The SMILES string of the molecule is Cc1cc(N2C(=O)CCS2(=O)=O)ccc1S(=O)(=O)Nc1ccc2c(c1)OCO2. The van der Waals surface area contributed by atoms with Crippen molar-refractivity contribution in [2.45, 2.75) is 18.2 Å². The second-order valence-corrected chi connectivity index (χ2v) is 9.94. The van der Waals surface area contributed by atoms with E-state index in [4.69, 9.17) is 9.47 Å². The quantitative estimate of drug-likeness (QED) is 0.791. The van der Waals surface area contributed by atoms with Gasteiger partial charge in [0.25, 0.3) is 10.0 Å². The predicted octanol–water partition coefficient (Wildman–Crippen LogP) is 1.59. The summed E-state index contributed by atoms with van der Waals surface area (Å²) in [6.45, 7) is 1.61. The van der Waals surface area contributed by atoms with Crippen LogP contribution in [0.3, 0.4) is 0 Å². The highest BCUT2D eigenvalue weighted by atomic mass is 32.2. The third-order valence-electron chi connectivity index (χ3n) is 4.39. The number of benzene rings is 2. The van der Waals surface area contributed by atoms with E-state index in [9.17, 15) is 21.6 Å². The molecule has 0 unspecified atom stereocenters. The van der Waals surface area contributed by atoms with Gasteiger partial charge in [0, 0.05) is 12.5 Å². The molecule has 0 saturated carbocycles. The summed E-state index contributed by atoms with van der Waals surface area (Å²) in [6.07, 6.45) is -0.0902. The molecule has 0 bridgehead atoms. The van der Waals surface area contributed by atoms with E-state index in [1.165, 1.54) is 31.2 Å². The minimum absolute atomic E-state index is 0.0297. The van der Waals surface area contributed by atoms with Gasteiger partial charge in [-0.25, -0.2) is 21.1 Å². The van der Waals surface area contributed by atoms with Crippen molar-refractivity contribution in [3.8, 4) is 11.5 Å². The number of hydrogen-bond acceptors (Lipinski definition) is 7. The van der Waals surface area contributed by atoms with Gasteiger partial charge < -0.3 is 9.47 Å². The fourth-order valence-corrected chi connectivity index (χ4v) is 5.83. The molecular formula is C17H16N2O7S2. The summed E-state index contributed by atoms with van der Waals surface area (Å²) < 4.78 is 63.2. The van der Waals surface area contributed by atoms with E-state index in [0.717, 1.165) is 4.31 Å². The average molecular weight is 424 g/mol. The van der Waals surface area contributed by atoms with Gasteiger partial charge in [0.1, 0.15) is 0 Å². The number of fused-ring (bicyclic) bond motifs is 1. The molecule has 2 aromatic carbocycles. The molecule has 1 N–H and O–H groups in total. The Morgan fingerprint density at radius 1 is 1.07 bits per heavy atom. The summed E-state index contributed by atoms with van der Waals surface area (Å²) in [5.74, 6) is 0.176. The van der Waals surface area contributed by atoms with Gasteiger partial charge in [-0.05, 0) is 42.8 Å². The first-order valence-corrected chi connectivity index (χ1v) is 11.4. The zero-order valence-corrected chi connectivity index (χ0v) is 16.3. The largest absolute Gasteiger partial charge is 0.454 e. The predicted molar refractivity (Wildman–Crippen MR) is 100 cm³/mol. The molecule has 0 atom stereocenters. The van der Waals surface area contributed by atoms with Gasteiger partial charge in [-0.2, -0.15) is 0 Å². The molecule has 1 fully saturated rings. The van der Waals surface area contributed by atoms with Crippen LogP contribution in [0.2, 0.25) is 0 Å². The van der Waals surface area contributed by atoms with Gasteiger partial charge in [-0.15, -0.1) is 0 Å². The van der Waals surface area contributed by atoms with Gasteiger partial charge >= 0.3 is 0 Å². The molecule has 2 aliphatic heterocycles. The zero-order valence-electron chi connectivity index (χ0n) is 14.7. The maximum Gasteiger partial charge on any atom is 0.262 e. The summed E-state index contributed by atoms with van der Waals surface area (Å²) in [6, 6.07) is 8.61. The molecule has 2 aromatic rings. The maximum absolute atomic E-state index is 12.8. The molecule has 11 heteroatoms. The summed E-state index contributed by atoms with van der Waals surface area (Å²) in [5, 5.41) is 0. The lowest BCUT2D eigenvalue weighted by atomic mass is 10.2. The van der Waals surface area contributed by atoms with E-state index in [0.29, 0.717) is 22.7 Å². The minimum atomic E-state index is -3.94. The Morgan fingerprint density at radius 3 is 2.50 bits per heavy atom. The molecule has 9 nitrogen and oxygen atoms in total. The molecule has 0 aliphatic carbocycles. The maximum atomic E-state index is 12.8. The summed E-state index contributed by atoms with van der Waals surface area (Å²) in [7, 11) is -7.66. The van der Waals surface area contributed by atoms with Crippen LogP contribution in [0, 0.1) is 6.92 Å². The van der Waals surface area contributed by atoms with Crippen molar-refractivity contribution >= 4 is 37.3 Å². The lowest BCUT2D eigenvalue weighted by Gasteiger charge is -2.17. The highest BCUT2D eigenvalue weighted by molar-refractivity contribution is 7.94. The highest BCUT2D eigenvalue weighted by Crippen LogP contribution is 2.35. The minimum Gasteiger partial charge on any atom is -0.454 e. The third-order valence-corrected chi connectivity index (χ3v) is 7.62. The molecule has 28 heavy (non-hydrogen) atoms. The molecule has 1 saturated heterocycles. The second-order valence-electron chi connectivity index (χ2n) is 6.35. The molecule has 0 radical (unpaired) electrons. The number of rotatable bonds is 4. The fourth-order valence-electron chi connectivity index (χ4n) is 3.10. The zero-order chi connectivity index (χ0) is 20.1. The van der Waals surface area contributed by atoms with Crippen molar-refractivity contribution in [2.24, 2.45) is 0 Å². The normalized spacial score (nSPS) is 17.8. The number of nitrogens with zero attached hydrogens (tertiary/aromatic N) is 1. The van der Waals surface area contributed by atoms with Crippen molar-refractivity contribution in [3.63, 3.8) is 0 Å². The van der Waals surface area contributed by atoms with Crippen LogP contribution in [0.4, 0.5) is 11.4 Å². The smallest absolute Gasteiger partial charge is 0.262 e. The van der Waals surface area contributed by atoms with Crippen molar-refractivity contribution in [2.75, 3.05) is 21.6 Å². The molecule has 148 valence electrons. The van der Waals surface area contributed by atoms with Crippen molar-refractivity contribution in [3.05, 3.63) is 42.0 Å². The Kier molecular flexibility index (Phi) is 4.23. The number of hydrogen-bond donors (Lipinski definition) is 1. The van der Waals surface area contributed by atoms with Crippen LogP contribution in [-0.4, -0.2) is 35.3 Å². The first-order valence-electron chi connectivity index (χ1n) is 8.26. The number of amides is 1. The first kappa shape index (κ1) is 18.6. The van der Waals surface area contributed by atoms with Gasteiger partial charge in [-0.3, -0.25) is 9.52 Å². The number of nitrogens with one attached hydrogen (secondary N) is 1. The van der Waals surface area contributed by atoms with E-state index < -0.39 is 26.0 Å². The van der Waals surface area contributed by atoms with Gasteiger partial charge in [0.15, 0.2) is 11.5 Å². The van der Waals surface area contributed by atoms with Crippen LogP contribution < -0.4 is 18.5 Å². The average Bonchev–Trinajstić information content (AvgIpc) is 3.17. The molecule has 4 rings (SSSR count). The van der Waals surface area contributed by atoms with Crippen LogP contribution in [0.5, 0.6) is 11.5 Å². The number of anilines is 2. The van der Waals surface area contributed by atoms with E-state index >= 15 is 0 Å². The number of sulfonamides is 2. The van der Waals surface area contributed by atoms with E-state index in [1.807, 2.05) is 0 Å². The Morgan fingerprint density at radius 2 is 1.82 bits per heavy atom. The molecular weight excluding hydrogens is 408 g/mol. The fraction of sp³-hybridized carbons (Fsp3) is 0.235. The van der Waals surface area contributed by atoms with E-state index in [2.05, 4.69) is 4.72 Å². The molecule has 2 heterocycles. The lowest BCUT2D eigenvalue weighted by Crippen LogP contribution is -2.29. The summed E-state index contributed by atoms with van der Waals surface area (Å²) >= 11 is 0. The van der Waals surface area contributed by atoms with E-state index in [1.54, 1.807) is 12.1 Å². The van der Waals surface area contributed by atoms with Gasteiger partial charge in [-0.1, -0.05) is 0 Å². The Balaban J connectivity index is 1.64. The Labute approximate surface area is 162 Å². The van der Waals surface area contributed by atoms with Gasteiger partial charge in [0.05, 0.1) is 22.0 Å². The monoisotopic (exact) mass is 424 g/mol. The number of ether oxygens (including phenoxy) is 2. The van der Waals surface area contributed by atoms with E-state index in [-0.39, 0.29) is 29.5 Å². The molecule has 2 aliphatic rings. The van der Waals surface area contributed by atoms with Crippen LogP contribution >= 0.6 is 0 Å². The standard InChI is InChI=1S/C17H16N2O7S2/c1-11-8-13(19-17(20)6-7-27(19,21)22)3-5-16(11)28(23,24)18-12-2-4-14-15(9-12)26-10-25-14/h2-5,8-9,18H,6-7,10H2,1H3. The topological polar surface area (TPSA) is 119 Å². The second kappa shape index (κ2) is 6.38. The van der Waals surface area contributed by atoms with Crippen molar-refractivity contribution in [1.29, 1.82) is 0 Å². The Bertz CT molecular complexity index is 1190. The number of carbonyl (C=O) groups excluding carboxylic acids is 1. The van der Waals surface area contributed by atoms with Crippen molar-refractivity contribution < 1.29 is 31.1 Å². The van der Waals surface area contributed by atoms with Crippen LogP contribution in [-0.2, 0) is 24.8 Å². The summed E-state index contributed by atoms with van der Waals surface area (Å²) in [5.41, 5.74) is 0.729. The van der Waals surface area contributed by atoms with Crippen molar-refractivity contribution in [1.82, 2.24) is 0 Å². The van der Waals surface area contributed by atoms with Crippen LogP contribution in [0.15, 0.2) is 41.3 Å². The first-order chi connectivity index (χ1) is 13.2. The number of carbonyl (C=O) groups is 1. The Hall–Kier alpha value is -2.79. The van der Waals surface area contributed by atoms with Crippen LogP contribution in [0.1, 0.15) is 12.0 Å². The lowest BCUT2D eigenvalue weighted by molar-refractivity contribution is -0.116.